The zero-order valence-corrected chi connectivity index (χ0v) is 52.7. The summed E-state index contributed by atoms with van der Waals surface area (Å²) in [5.41, 5.74) is 0. The molecule has 524 valence electrons. The molecule has 0 aromatic rings. The topological polar surface area (TPSA) is 298 Å². The van der Waals surface area contributed by atoms with Crippen molar-refractivity contribution in [2.75, 3.05) is 109 Å². The maximum atomic E-state index is 12.0. The molecule has 0 spiro atoms. The second kappa shape index (κ2) is 67.6. The monoisotopic (exact) mass is 1400 g/mol. The molecule has 4 heterocycles. The molecule has 8 atom stereocenters. The molecular weight excluding hydrogens is 1280 g/mol. The maximum absolute atomic E-state index is 12.0. The number of carbonyl (C=O) groups excluding carboxylic acids is 4. The van der Waals surface area contributed by atoms with Crippen LogP contribution in [0.15, 0.2) is 23.5 Å². The fourth-order valence-corrected chi connectivity index (χ4v) is 10.1. The summed E-state index contributed by atoms with van der Waals surface area (Å²) in [4.78, 5) is 57.2. The predicted molar refractivity (Wildman–Crippen MR) is 358 cm³/mol. The van der Waals surface area contributed by atoms with Crippen molar-refractivity contribution in [3.63, 3.8) is 0 Å². The van der Waals surface area contributed by atoms with Gasteiger partial charge in [-0.05, 0) is 102 Å². The van der Waals surface area contributed by atoms with Gasteiger partial charge in [-0.25, -0.2) is 4.57 Å². The molecular formula is C56H119O24P3S4+2. The van der Waals surface area contributed by atoms with E-state index >= 15 is 0 Å². The van der Waals surface area contributed by atoms with Crippen LogP contribution in [0.3, 0.4) is 0 Å². The van der Waals surface area contributed by atoms with Crippen molar-refractivity contribution < 1.29 is 113 Å². The first kappa shape index (κ1) is 104. The van der Waals surface area contributed by atoms with Crippen molar-refractivity contribution in [1.82, 2.24) is 0 Å². The zero-order chi connectivity index (χ0) is 59.3. The van der Waals surface area contributed by atoms with Gasteiger partial charge in [0, 0.05) is 47.2 Å². The van der Waals surface area contributed by atoms with Crippen LogP contribution in [0, 0.1) is 0 Å². The van der Waals surface area contributed by atoms with E-state index in [1.165, 1.54) is 0 Å². The molecule has 0 aromatic heterocycles. The van der Waals surface area contributed by atoms with Gasteiger partial charge in [0.2, 0.25) is 0 Å². The number of esters is 4. The first-order valence-electron chi connectivity index (χ1n) is 26.1. The Morgan fingerprint density at radius 3 is 1.20 bits per heavy atom. The summed E-state index contributed by atoms with van der Waals surface area (Å²) >= 11 is 8.87. The molecule has 4 saturated heterocycles. The third-order valence-corrected chi connectivity index (χ3v) is 15.4. The van der Waals surface area contributed by atoms with Gasteiger partial charge in [0.15, 0.2) is 24.4 Å². The molecule has 0 bridgehead atoms. The Labute approximate surface area is 545 Å². The molecule has 0 saturated carbocycles. The number of rotatable bonds is 37. The van der Waals surface area contributed by atoms with Gasteiger partial charge in [-0.15, -0.1) is 54.2 Å². The third kappa shape index (κ3) is 52.8. The molecule has 87 heavy (non-hydrogen) atoms. The summed E-state index contributed by atoms with van der Waals surface area (Å²) in [6, 6.07) is 0. The molecule has 0 amide bonds. The summed E-state index contributed by atoms with van der Waals surface area (Å²) in [6.07, 6.45) is 3.19. The van der Waals surface area contributed by atoms with Crippen LogP contribution in [-0.2, 0) is 103 Å². The van der Waals surface area contributed by atoms with Gasteiger partial charge in [0.05, 0.1) is 52.2 Å². The molecule has 4 aliphatic heterocycles. The number of aliphatic hydroxyl groups excluding tert-OH is 1. The number of hydrogen-bond donors (Lipinski definition) is 3. The lowest BCUT2D eigenvalue weighted by Crippen LogP contribution is -2.36. The number of ether oxygens (including phenoxy) is 9. The van der Waals surface area contributed by atoms with Crippen molar-refractivity contribution in [3.8, 4) is 0 Å². The van der Waals surface area contributed by atoms with Gasteiger partial charge in [-0.1, -0.05) is 72.6 Å². The van der Waals surface area contributed by atoms with Crippen LogP contribution in [0.4, 0.5) is 0 Å². The minimum atomic E-state index is -3.69. The summed E-state index contributed by atoms with van der Waals surface area (Å²) in [5.74, 6) is 1.79. The predicted octanol–water partition coefficient (Wildman–Crippen LogP) is 13.8. The highest BCUT2D eigenvalue weighted by Gasteiger charge is 2.52. The Morgan fingerprint density at radius 1 is 0.563 bits per heavy atom. The van der Waals surface area contributed by atoms with Gasteiger partial charge < -0.3 is 52.6 Å². The lowest BCUT2D eigenvalue weighted by Gasteiger charge is -2.17. The number of thiol groups is 1. The van der Waals surface area contributed by atoms with Crippen LogP contribution in [0.1, 0.15) is 159 Å². The second-order valence-electron chi connectivity index (χ2n) is 16.1. The van der Waals surface area contributed by atoms with E-state index in [-0.39, 0.29) is 148 Å². The number of phosphoric acid groups is 1. The average molecular weight is 1400 g/mol. The van der Waals surface area contributed by atoms with Crippen LogP contribution >= 0.6 is 72.2 Å². The molecule has 0 aliphatic carbocycles. The summed E-state index contributed by atoms with van der Waals surface area (Å²) < 4.78 is 108. The summed E-state index contributed by atoms with van der Waals surface area (Å²) in [7, 11) is -7.35. The molecule has 0 aromatic carbocycles. The largest absolute Gasteiger partial charge is 0.697 e. The SMILES string of the molecule is C.C.C.C.C.C.C.C.C=CSCCCC(=O)O[C@@H]1COC2C1OC[C@@H]2OC(=O)CCCC(=C)S.CCOP(=O)(O)OCC.CCO[P+](=O)OCC.CCO[P+](=O)OCC.CSCOCCCC(=O)O[C@H]1COC2C1OC[C@H]2OC(=O)CCCSCCO. The Balaban J connectivity index is -0.000000135. The smallest absolute Gasteiger partial charge is 0.457 e. The zero-order valence-electron chi connectivity index (χ0n) is 46.7. The van der Waals surface area contributed by atoms with Crippen LogP contribution in [0.25, 0.3) is 0 Å². The summed E-state index contributed by atoms with van der Waals surface area (Å²) in [5, 5.41) is 10.5. The van der Waals surface area contributed by atoms with Crippen molar-refractivity contribution in [2.24, 2.45) is 0 Å². The van der Waals surface area contributed by atoms with Crippen LogP contribution < -0.4 is 0 Å². The molecule has 31 heteroatoms. The quantitative estimate of drug-likeness (QED) is 0.0130. The van der Waals surface area contributed by atoms with Crippen LogP contribution in [-0.4, -0.2) is 191 Å². The molecule has 24 nitrogen and oxygen atoms in total. The highest BCUT2D eigenvalue weighted by Crippen LogP contribution is 2.42. The Bertz CT molecular complexity index is 1680. The van der Waals surface area contributed by atoms with Gasteiger partial charge >= 0.3 is 48.2 Å². The number of hydrogen-bond acceptors (Lipinski definition) is 27. The van der Waals surface area contributed by atoms with E-state index in [4.69, 9.17) is 52.6 Å². The average Bonchev–Trinajstić information content (AvgIpc) is 3.47. The van der Waals surface area contributed by atoms with Crippen molar-refractivity contribution in [2.45, 2.75) is 208 Å². The van der Waals surface area contributed by atoms with E-state index in [1.54, 1.807) is 82.2 Å². The second-order valence-corrected chi connectivity index (χ2v) is 23.3. The fourth-order valence-electron chi connectivity index (χ4n) is 6.80. The highest BCUT2D eigenvalue weighted by atomic mass is 32.2. The number of carbonyl (C=O) groups is 4. The molecule has 4 unspecified atom stereocenters. The fraction of sp³-hybridized carbons (Fsp3) is 0.857. The van der Waals surface area contributed by atoms with Crippen LogP contribution in [0.5, 0.6) is 0 Å². The number of allylic oxidation sites excluding steroid dienone is 1. The third-order valence-electron chi connectivity index (χ3n) is 9.96. The maximum Gasteiger partial charge on any atom is 0.697 e. The van der Waals surface area contributed by atoms with E-state index in [0.29, 0.717) is 89.7 Å². The van der Waals surface area contributed by atoms with E-state index < -0.39 is 61.0 Å². The van der Waals surface area contributed by atoms with Gasteiger partial charge in [-0.3, -0.25) is 28.2 Å². The van der Waals surface area contributed by atoms with Gasteiger partial charge in [0.25, 0.3) is 0 Å². The number of thioether (sulfide) groups is 3. The van der Waals surface area contributed by atoms with E-state index in [9.17, 15) is 32.9 Å². The normalized spacial score (nSPS) is 19.4. The Kier molecular flexibility index (Phi) is 81.1. The number of aliphatic hydroxyl groups is 1. The minimum absolute atomic E-state index is 0. The van der Waals surface area contributed by atoms with Gasteiger partial charge in [-0.2, -0.15) is 11.8 Å². The minimum Gasteiger partial charge on any atom is -0.457 e. The van der Waals surface area contributed by atoms with E-state index in [2.05, 4.69) is 52.9 Å². The standard InChI is InChI=1S/C18H30O8S2.C18H26O6S2.C4H11O4P.2C4H10O3P.8CH4/c1-27-12-22-7-2-4-15(20)25-13-10-23-18-14(11-24-17(13)18)26-16(21)5-3-8-28-9-6-19;1-3-26-9-5-8-16(20)24-14-11-22-17-13(10-21-18(14)17)23-15(19)7-4-6-12(2)25;1-3-7-9(5,6)8-4-2;2*1-3-6-8(5)7-4-2;;;;;;;;/h13-14,17-19H,2-12H2,1H3;3,13-14,17-18,25H,1-2,4-11H2;3-4H2,1-2H3,(H,5,6);2*3-4H2,1-2H3;8*1H4/q;;;2*+1;;;;;;;;/t2*13-,14+,17?,18?;;;;;;;;;;;/m00.........../s1. The molecule has 4 rings (SSSR count). The molecule has 0 radical (unpaired) electrons. The Morgan fingerprint density at radius 2 is 0.897 bits per heavy atom. The van der Waals surface area contributed by atoms with Crippen molar-refractivity contribution in [3.05, 3.63) is 23.5 Å². The van der Waals surface area contributed by atoms with E-state index in [1.807, 2.05) is 6.26 Å². The molecule has 4 fully saturated rings. The van der Waals surface area contributed by atoms with Gasteiger partial charge in [0.1, 0.15) is 50.8 Å². The van der Waals surface area contributed by atoms with E-state index in [0.717, 1.165) is 22.8 Å². The van der Waals surface area contributed by atoms with Crippen molar-refractivity contribution in [1.29, 1.82) is 0 Å². The lowest BCUT2D eigenvalue weighted by atomic mass is 10.1. The van der Waals surface area contributed by atoms with Crippen molar-refractivity contribution >= 4 is 96.1 Å². The number of phosphoric ester groups is 1. The first-order valence-corrected chi connectivity index (χ1v) is 33.8. The highest BCUT2D eigenvalue weighted by molar-refractivity contribution is 8.02. The molecule has 2 N–H and O–H groups in total. The summed E-state index contributed by atoms with van der Waals surface area (Å²) in [6.45, 7) is 21.4. The first-order chi connectivity index (χ1) is 37.9. The lowest BCUT2D eigenvalue weighted by molar-refractivity contribution is -0.157. The van der Waals surface area contributed by atoms with Crippen LogP contribution in [0.2, 0.25) is 0 Å². The number of fused-ring (bicyclic) bond motifs is 2. The Hall–Kier alpha value is -1.33. The molecule has 4 aliphatic rings.